The average molecular weight is 294 g/mol. The van der Waals surface area contributed by atoms with Crippen LogP contribution < -0.4 is 0 Å². The van der Waals surface area contributed by atoms with Crippen LogP contribution in [-0.2, 0) is 4.74 Å². The molecule has 6 nitrogen and oxygen atoms in total. The molecule has 0 fully saturated rings. The van der Waals surface area contributed by atoms with Crippen LogP contribution in [0.15, 0.2) is 61.7 Å². The molecule has 110 valence electrons. The number of aromatic nitrogens is 4. The van der Waals surface area contributed by atoms with Crippen molar-refractivity contribution < 1.29 is 9.53 Å². The van der Waals surface area contributed by atoms with Crippen molar-refractivity contribution in [2.45, 2.75) is 13.0 Å². The molecule has 0 aliphatic carbocycles. The van der Waals surface area contributed by atoms with Gasteiger partial charge in [-0.25, -0.2) is 19.7 Å². The fourth-order valence-electron chi connectivity index (χ4n) is 2.05. The van der Waals surface area contributed by atoms with E-state index < -0.39 is 5.97 Å². The molecular formula is C16H14N4O2. The highest BCUT2D eigenvalue weighted by molar-refractivity contribution is 5.88. The lowest BCUT2D eigenvalue weighted by atomic mass is 10.1. The Balaban J connectivity index is 1.77. The van der Waals surface area contributed by atoms with Crippen molar-refractivity contribution in [3.63, 3.8) is 0 Å². The third-order valence-electron chi connectivity index (χ3n) is 3.22. The number of carbonyl (C=O) groups excluding carboxylic acids is 1. The number of carbonyl (C=O) groups is 1. The largest absolute Gasteiger partial charge is 0.454 e. The number of imidazole rings is 1. The van der Waals surface area contributed by atoms with Gasteiger partial charge in [0.2, 0.25) is 0 Å². The molecule has 0 aliphatic rings. The van der Waals surface area contributed by atoms with Gasteiger partial charge in [0.15, 0.2) is 0 Å². The minimum absolute atomic E-state index is 0.333. The van der Waals surface area contributed by atoms with E-state index in [1.807, 2.05) is 42.0 Å². The zero-order valence-electron chi connectivity index (χ0n) is 12.0. The molecule has 0 bridgehead atoms. The van der Waals surface area contributed by atoms with Crippen LogP contribution in [0.25, 0.3) is 5.69 Å². The van der Waals surface area contributed by atoms with Gasteiger partial charge in [0.1, 0.15) is 12.4 Å². The van der Waals surface area contributed by atoms with Crippen LogP contribution in [0.3, 0.4) is 0 Å². The van der Waals surface area contributed by atoms with Gasteiger partial charge in [0.05, 0.1) is 11.9 Å². The first-order chi connectivity index (χ1) is 10.7. The van der Waals surface area contributed by atoms with Crippen LogP contribution in [0.2, 0.25) is 0 Å². The monoisotopic (exact) mass is 294 g/mol. The highest BCUT2D eigenvalue weighted by Gasteiger charge is 2.14. The van der Waals surface area contributed by atoms with Gasteiger partial charge in [-0.1, -0.05) is 12.1 Å². The number of esters is 1. The highest BCUT2D eigenvalue weighted by atomic mass is 16.5. The van der Waals surface area contributed by atoms with E-state index in [4.69, 9.17) is 4.74 Å². The molecule has 0 radical (unpaired) electrons. The number of rotatable bonds is 4. The molecule has 0 saturated heterocycles. The summed E-state index contributed by atoms with van der Waals surface area (Å²) in [5, 5.41) is 0. The van der Waals surface area contributed by atoms with E-state index in [0.29, 0.717) is 5.56 Å². The first-order valence-corrected chi connectivity index (χ1v) is 6.78. The Morgan fingerprint density at radius 3 is 2.77 bits per heavy atom. The molecule has 3 aromatic rings. The van der Waals surface area contributed by atoms with E-state index in [-0.39, 0.29) is 6.10 Å². The molecule has 0 amide bonds. The smallest absolute Gasteiger partial charge is 0.341 e. The standard InChI is InChI=1S/C16H14N4O2/c1-12(22-16(21)14-8-18-10-19-9-14)13-3-2-4-15(7-13)20-6-5-17-11-20/h2-12H,1H3. The van der Waals surface area contributed by atoms with Crippen LogP contribution in [-0.4, -0.2) is 25.5 Å². The van der Waals surface area contributed by atoms with E-state index in [0.717, 1.165) is 11.3 Å². The molecule has 0 N–H and O–H groups in total. The van der Waals surface area contributed by atoms with E-state index in [2.05, 4.69) is 15.0 Å². The Hall–Kier alpha value is -3.02. The fourth-order valence-corrected chi connectivity index (χ4v) is 2.05. The molecule has 2 heterocycles. The lowest BCUT2D eigenvalue weighted by Gasteiger charge is -2.14. The lowest BCUT2D eigenvalue weighted by Crippen LogP contribution is -2.10. The predicted octanol–water partition coefficient (Wildman–Crippen LogP) is 2.58. The van der Waals surface area contributed by atoms with Crippen molar-refractivity contribution in [2.24, 2.45) is 0 Å². The normalized spacial score (nSPS) is 11.9. The van der Waals surface area contributed by atoms with Gasteiger partial charge in [-0.15, -0.1) is 0 Å². The second kappa shape index (κ2) is 6.17. The van der Waals surface area contributed by atoms with Gasteiger partial charge in [-0.3, -0.25) is 0 Å². The van der Waals surface area contributed by atoms with Crippen LogP contribution in [0, 0.1) is 0 Å². The molecule has 0 spiro atoms. The summed E-state index contributed by atoms with van der Waals surface area (Å²) in [5.41, 5.74) is 2.19. The molecular weight excluding hydrogens is 280 g/mol. The fraction of sp³-hybridized carbons (Fsp3) is 0.125. The summed E-state index contributed by atoms with van der Waals surface area (Å²) in [5.74, 6) is -0.443. The summed E-state index contributed by atoms with van der Waals surface area (Å²) in [6.45, 7) is 1.83. The van der Waals surface area contributed by atoms with Crippen LogP contribution >= 0.6 is 0 Å². The van der Waals surface area contributed by atoms with Crippen molar-refractivity contribution >= 4 is 5.97 Å². The minimum Gasteiger partial charge on any atom is -0.454 e. The summed E-state index contributed by atoms with van der Waals surface area (Å²) >= 11 is 0. The van der Waals surface area contributed by atoms with Crippen molar-refractivity contribution in [2.75, 3.05) is 0 Å². The first kappa shape index (κ1) is 13.9. The summed E-state index contributed by atoms with van der Waals surface area (Å²) in [7, 11) is 0. The Morgan fingerprint density at radius 2 is 2.05 bits per heavy atom. The van der Waals surface area contributed by atoms with Crippen molar-refractivity contribution in [1.29, 1.82) is 0 Å². The number of benzene rings is 1. The maximum Gasteiger partial charge on any atom is 0.341 e. The van der Waals surface area contributed by atoms with Gasteiger partial charge in [-0.05, 0) is 24.6 Å². The maximum absolute atomic E-state index is 12.0. The molecule has 0 saturated carbocycles. The minimum atomic E-state index is -0.443. The van der Waals surface area contributed by atoms with Crippen molar-refractivity contribution in [1.82, 2.24) is 19.5 Å². The third-order valence-corrected chi connectivity index (χ3v) is 3.22. The Morgan fingerprint density at radius 1 is 1.23 bits per heavy atom. The summed E-state index contributed by atoms with van der Waals surface area (Å²) < 4.78 is 7.34. The summed E-state index contributed by atoms with van der Waals surface area (Å²) in [6.07, 6.45) is 9.15. The predicted molar refractivity (Wildman–Crippen MR) is 79.4 cm³/mol. The number of nitrogens with zero attached hydrogens (tertiary/aromatic N) is 4. The Kier molecular flexibility index (Phi) is 3.91. The summed E-state index contributed by atoms with van der Waals surface area (Å²) in [6, 6.07) is 7.76. The zero-order valence-corrected chi connectivity index (χ0v) is 12.0. The molecule has 1 aromatic carbocycles. The number of hydrogen-bond donors (Lipinski definition) is 0. The Bertz CT molecular complexity index is 757. The van der Waals surface area contributed by atoms with Crippen molar-refractivity contribution in [3.05, 3.63) is 72.8 Å². The van der Waals surface area contributed by atoms with Crippen LogP contribution in [0.1, 0.15) is 28.9 Å². The average Bonchev–Trinajstić information content (AvgIpc) is 3.10. The van der Waals surface area contributed by atoms with E-state index in [1.165, 1.54) is 18.7 Å². The zero-order chi connectivity index (χ0) is 15.4. The van der Waals surface area contributed by atoms with Crippen LogP contribution in [0.5, 0.6) is 0 Å². The molecule has 2 aromatic heterocycles. The quantitative estimate of drug-likeness (QED) is 0.692. The van der Waals surface area contributed by atoms with E-state index in [1.54, 1.807) is 12.5 Å². The van der Waals surface area contributed by atoms with Gasteiger partial charge in [0, 0.05) is 30.5 Å². The van der Waals surface area contributed by atoms with Gasteiger partial charge in [-0.2, -0.15) is 0 Å². The highest BCUT2D eigenvalue weighted by Crippen LogP contribution is 2.21. The van der Waals surface area contributed by atoms with Gasteiger partial charge >= 0.3 is 5.97 Å². The molecule has 6 heteroatoms. The lowest BCUT2D eigenvalue weighted by molar-refractivity contribution is 0.0337. The molecule has 1 atom stereocenters. The maximum atomic E-state index is 12.0. The molecule has 22 heavy (non-hydrogen) atoms. The van der Waals surface area contributed by atoms with Gasteiger partial charge in [0.25, 0.3) is 0 Å². The topological polar surface area (TPSA) is 69.9 Å². The number of hydrogen-bond acceptors (Lipinski definition) is 5. The molecule has 1 unspecified atom stereocenters. The van der Waals surface area contributed by atoms with Gasteiger partial charge < -0.3 is 9.30 Å². The molecule has 0 aliphatic heterocycles. The second-order valence-corrected chi connectivity index (χ2v) is 4.74. The SMILES string of the molecule is CC(OC(=O)c1cncnc1)c1cccc(-n2ccnc2)c1. The number of ether oxygens (including phenoxy) is 1. The van der Waals surface area contributed by atoms with Crippen LogP contribution in [0.4, 0.5) is 0 Å². The van der Waals surface area contributed by atoms with E-state index >= 15 is 0 Å². The summed E-state index contributed by atoms with van der Waals surface area (Å²) in [4.78, 5) is 23.7. The second-order valence-electron chi connectivity index (χ2n) is 4.74. The first-order valence-electron chi connectivity index (χ1n) is 6.78. The third kappa shape index (κ3) is 3.01. The van der Waals surface area contributed by atoms with Crippen molar-refractivity contribution in [3.8, 4) is 5.69 Å². The molecule has 3 rings (SSSR count). The Labute approximate surface area is 127 Å². The van der Waals surface area contributed by atoms with E-state index in [9.17, 15) is 4.79 Å².